The van der Waals surface area contributed by atoms with Crippen molar-refractivity contribution >= 4 is 5.69 Å². The summed E-state index contributed by atoms with van der Waals surface area (Å²) in [5.74, 6) is 0. The largest absolute Gasteiger partial charge is 0.870 e. The number of aryl methyl sites for hydroxylation is 1. The topological polar surface area (TPSA) is 30.0 Å². The van der Waals surface area contributed by atoms with E-state index in [4.69, 9.17) is 0 Å². The minimum atomic E-state index is 0. The van der Waals surface area contributed by atoms with Crippen LogP contribution >= 0.6 is 0 Å². The van der Waals surface area contributed by atoms with Gasteiger partial charge in [0.15, 0.2) is 0 Å². The molecule has 0 aliphatic heterocycles. The van der Waals surface area contributed by atoms with Crippen molar-refractivity contribution in [3.8, 4) is 0 Å². The van der Waals surface area contributed by atoms with Crippen molar-refractivity contribution in [1.29, 1.82) is 0 Å². The van der Waals surface area contributed by atoms with Crippen molar-refractivity contribution in [1.82, 2.24) is 4.48 Å². The van der Waals surface area contributed by atoms with Crippen molar-refractivity contribution in [2.24, 2.45) is 0 Å². The monoisotopic (exact) mass is 265 g/mol. The molecule has 0 saturated heterocycles. The molecule has 0 heterocycles. The van der Waals surface area contributed by atoms with Crippen LogP contribution in [0.1, 0.15) is 51.0 Å². The molecule has 1 rings (SSSR count). The molecule has 2 heteroatoms. The first kappa shape index (κ1) is 18.1. The van der Waals surface area contributed by atoms with Gasteiger partial charge in [-0.3, -0.25) is 4.48 Å². The fourth-order valence-electron chi connectivity index (χ4n) is 2.65. The molecule has 110 valence electrons. The number of unbranched alkanes of at least 4 members (excludes halogenated alkanes) is 5. The van der Waals surface area contributed by atoms with Crippen molar-refractivity contribution in [3.05, 3.63) is 29.8 Å². The summed E-state index contributed by atoms with van der Waals surface area (Å²) in [6, 6.07) is 8.77. The molecule has 2 nitrogen and oxygen atoms in total. The Kier molecular flexibility index (Phi) is 8.70. The molecular weight excluding hydrogens is 234 g/mol. The normalized spacial score (nSPS) is 11.2. The lowest BCUT2D eigenvalue weighted by atomic mass is 10.1. The van der Waals surface area contributed by atoms with E-state index in [1.54, 1.807) is 0 Å². The number of quaternary nitrogens is 1. The Morgan fingerprint density at radius 3 is 2.11 bits per heavy atom. The third kappa shape index (κ3) is 6.22. The van der Waals surface area contributed by atoms with Crippen LogP contribution in [0.4, 0.5) is 5.69 Å². The summed E-state index contributed by atoms with van der Waals surface area (Å²) in [4.78, 5) is 0. The highest BCUT2D eigenvalue weighted by atomic mass is 16.0. The summed E-state index contributed by atoms with van der Waals surface area (Å²) in [5.41, 5.74) is 2.87. The van der Waals surface area contributed by atoms with Crippen LogP contribution in [0.25, 0.3) is 0 Å². The average molecular weight is 265 g/mol. The third-order valence-corrected chi connectivity index (χ3v) is 3.84. The Labute approximate surface area is 119 Å². The molecule has 0 amide bonds. The van der Waals surface area contributed by atoms with E-state index in [1.807, 2.05) is 0 Å². The maximum atomic E-state index is 2.33. The first-order valence-electron chi connectivity index (χ1n) is 7.47. The summed E-state index contributed by atoms with van der Waals surface area (Å²) in [5, 5.41) is 0. The molecule has 0 atom stereocenters. The molecule has 0 radical (unpaired) electrons. The highest BCUT2D eigenvalue weighted by Gasteiger charge is 2.19. The lowest BCUT2D eigenvalue weighted by molar-refractivity contribution is 0.379. The zero-order valence-corrected chi connectivity index (χ0v) is 13.2. The Morgan fingerprint density at radius 1 is 0.895 bits per heavy atom. The van der Waals surface area contributed by atoms with Crippen LogP contribution in [0.2, 0.25) is 0 Å². The summed E-state index contributed by atoms with van der Waals surface area (Å²) in [7, 11) is 4.66. The number of hydrogen-bond donors (Lipinski definition) is 0. The molecule has 0 fully saturated rings. The number of hydrogen-bond acceptors (Lipinski definition) is 1. The highest BCUT2D eigenvalue weighted by molar-refractivity contribution is 5.48. The van der Waals surface area contributed by atoms with Gasteiger partial charge in [0.05, 0.1) is 20.6 Å². The first-order valence-corrected chi connectivity index (χ1v) is 7.47. The van der Waals surface area contributed by atoms with Crippen molar-refractivity contribution < 1.29 is 5.48 Å². The summed E-state index contributed by atoms with van der Waals surface area (Å²) in [6.07, 6.45) is 8.27. The second-order valence-electron chi connectivity index (χ2n) is 5.96. The first-order chi connectivity index (χ1) is 8.58. The molecule has 1 aromatic rings. The Morgan fingerprint density at radius 2 is 1.47 bits per heavy atom. The second kappa shape index (κ2) is 9.11. The standard InChI is InChI=1S/C17H30N.H2O/c1-5-6-7-8-9-12-15-18(3,4)17-14-11-10-13-16(17)2;/h10-11,13-14H,5-9,12,15H2,1-4H3;1H2/q+1;/p-1. The summed E-state index contributed by atoms with van der Waals surface area (Å²) in [6.45, 7) is 5.74. The quantitative estimate of drug-likeness (QED) is 0.493. The fraction of sp³-hybridized carbons (Fsp3) is 0.647. The summed E-state index contributed by atoms with van der Waals surface area (Å²) < 4.78 is 1.01. The van der Waals surface area contributed by atoms with Crippen molar-refractivity contribution in [3.63, 3.8) is 0 Å². The van der Waals surface area contributed by atoms with Crippen LogP contribution in [-0.4, -0.2) is 26.1 Å². The molecular formula is C17H31NO. The van der Waals surface area contributed by atoms with Crippen LogP contribution in [0, 0.1) is 6.92 Å². The maximum Gasteiger partial charge on any atom is 0.135 e. The zero-order chi connectivity index (χ0) is 13.4. The molecule has 1 aromatic carbocycles. The van der Waals surface area contributed by atoms with Gasteiger partial charge in [0, 0.05) is 5.56 Å². The van der Waals surface area contributed by atoms with Crippen LogP contribution in [0.15, 0.2) is 24.3 Å². The third-order valence-electron chi connectivity index (χ3n) is 3.84. The van der Waals surface area contributed by atoms with E-state index in [9.17, 15) is 0 Å². The number of para-hydroxylation sites is 1. The van der Waals surface area contributed by atoms with Crippen molar-refractivity contribution in [2.45, 2.75) is 52.4 Å². The van der Waals surface area contributed by atoms with Gasteiger partial charge in [-0.25, -0.2) is 0 Å². The average Bonchev–Trinajstić information content (AvgIpc) is 2.34. The van der Waals surface area contributed by atoms with E-state index in [0.29, 0.717) is 0 Å². The fourth-order valence-corrected chi connectivity index (χ4v) is 2.65. The van der Waals surface area contributed by atoms with E-state index < -0.39 is 0 Å². The van der Waals surface area contributed by atoms with Crippen LogP contribution in [0.5, 0.6) is 0 Å². The predicted octanol–water partition coefficient (Wildman–Crippen LogP) is 4.75. The number of benzene rings is 1. The Balaban J connectivity index is 0.00000324. The Bertz CT molecular complexity index is 347. The van der Waals surface area contributed by atoms with Crippen molar-refractivity contribution in [2.75, 3.05) is 20.6 Å². The SMILES string of the molecule is CCCCCCCC[N+](C)(C)c1ccccc1C.[OH-]. The van der Waals surface area contributed by atoms with Gasteiger partial charge in [-0.05, 0) is 25.8 Å². The van der Waals surface area contributed by atoms with Gasteiger partial charge in [0.1, 0.15) is 5.69 Å². The van der Waals surface area contributed by atoms with Gasteiger partial charge >= 0.3 is 0 Å². The lowest BCUT2D eigenvalue weighted by Crippen LogP contribution is -2.41. The van der Waals surface area contributed by atoms with E-state index >= 15 is 0 Å². The molecule has 19 heavy (non-hydrogen) atoms. The van der Waals surface area contributed by atoms with E-state index in [0.717, 1.165) is 4.48 Å². The van der Waals surface area contributed by atoms with E-state index in [-0.39, 0.29) is 5.48 Å². The second-order valence-corrected chi connectivity index (χ2v) is 5.96. The smallest absolute Gasteiger partial charge is 0.135 e. The molecule has 0 aliphatic rings. The minimum absolute atomic E-state index is 0. The van der Waals surface area contributed by atoms with E-state index in [1.165, 1.54) is 56.3 Å². The van der Waals surface area contributed by atoms with Crippen LogP contribution in [-0.2, 0) is 0 Å². The molecule has 0 spiro atoms. The number of nitrogens with zero attached hydrogens (tertiary/aromatic N) is 1. The van der Waals surface area contributed by atoms with Gasteiger partial charge in [-0.1, -0.05) is 50.8 Å². The van der Waals surface area contributed by atoms with Crippen LogP contribution < -0.4 is 4.48 Å². The number of rotatable bonds is 8. The van der Waals surface area contributed by atoms with Gasteiger partial charge in [-0.2, -0.15) is 0 Å². The van der Waals surface area contributed by atoms with Gasteiger partial charge in [-0.15, -0.1) is 0 Å². The van der Waals surface area contributed by atoms with Gasteiger partial charge < -0.3 is 5.48 Å². The predicted molar refractivity (Wildman–Crippen MR) is 85.0 cm³/mol. The van der Waals surface area contributed by atoms with Gasteiger partial charge in [0.2, 0.25) is 0 Å². The molecule has 0 bridgehead atoms. The minimum Gasteiger partial charge on any atom is -0.870 e. The molecule has 0 saturated carbocycles. The maximum absolute atomic E-state index is 2.33. The summed E-state index contributed by atoms with van der Waals surface area (Å²) >= 11 is 0. The lowest BCUT2D eigenvalue weighted by Gasteiger charge is -2.30. The Hall–Kier alpha value is -0.860. The zero-order valence-electron chi connectivity index (χ0n) is 13.2. The molecule has 0 aromatic heterocycles. The highest BCUT2D eigenvalue weighted by Crippen LogP contribution is 2.24. The van der Waals surface area contributed by atoms with Gasteiger partial charge in [0.25, 0.3) is 0 Å². The van der Waals surface area contributed by atoms with Crippen LogP contribution in [0.3, 0.4) is 0 Å². The molecule has 0 aliphatic carbocycles. The molecule has 1 N–H and O–H groups in total. The molecule has 0 unspecified atom stereocenters. The van der Waals surface area contributed by atoms with E-state index in [2.05, 4.69) is 52.2 Å².